The van der Waals surface area contributed by atoms with E-state index < -0.39 is 0 Å². The standard InChI is InChI=1S/C17H15N3/c1-11(2)12-5-3-6-13-15(9-12)14(7-4-8-18)17(20)16(13)10-19/h3-7,9,11H,20H2,1-2H3/b7-4+. The topological polar surface area (TPSA) is 73.6 Å². The Labute approximate surface area is 118 Å². The SMILES string of the molecule is CC(C)c1cccc2c(C#N)c(N)c(/C=C/C#N)c-2c1. The predicted octanol–water partition coefficient (Wildman–Crippen LogP) is 3.91. The van der Waals surface area contributed by atoms with Crippen LogP contribution in [-0.2, 0) is 0 Å². The van der Waals surface area contributed by atoms with Gasteiger partial charge in [0.2, 0.25) is 0 Å². The van der Waals surface area contributed by atoms with Crippen molar-refractivity contribution in [2.24, 2.45) is 0 Å². The molecule has 3 nitrogen and oxygen atoms in total. The minimum atomic E-state index is 0.375. The summed E-state index contributed by atoms with van der Waals surface area (Å²) >= 11 is 0. The van der Waals surface area contributed by atoms with Gasteiger partial charge < -0.3 is 5.73 Å². The van der Waals surface area contributed by atoms with E-state index in [2.05, 4.69) is 19.9 Å². The maximum absolute atomic E-state index is 9.30. The van der Waals surface area contributed by atoms with E-state index in [1.54, 1.807) is 6.08 Å². The van der Waals surface area contributed by atoms with E-state index in [4.69, 9.17) is 11.0 Å². The molecule has 0 aliphatic heterocycles. The first-order valence-electron chi connectivity index (χ1n) is 6.41. The van der Waals surface area contributed by atoms with Crippen molar-refractivity contribution < 1.29 is 0 Å². The molecule has 0 fully saturated rings. The van der Waals surface area contributed by atoms with Gasteiger partial charge in [-0.2, -0.15) is 10.5 Å². The normalized spacial score (nSPS) is 10.8. The van der Waals surface area contributed by atoms with Crippen LogP contribution in [-0.4, -0.2) is 0 Å². The van der Waals surface area contributed by atoms with E-state index in [-0.39, 0.29) is 0 Å². The molecule has 0 aromatic rings. The van der Waals surface area contributed by atoms with Crippen LogP contribution in [0.1, 0.15) is 36.5 Å². The number of rotatable bonds is 2. The molecule has 0 radical (unpaired) electrons. The quantitative estimate of drug-likeness (QED) is 0.833. The van der Waals surface area contributed by atoms with Gasteiger partial charge in [0, 0.05) is 17.2 Å². The summed E-state index contributed by atoms with van der Waals surface area (Å²) < 4.78 is 0. The van der Waals surface area contributed by atoms with Gasteiger partial charge >= 0.3 is 0 Å². The lowest BCUT2D eigenvalue weighted by Crippen LogP contribution is -1.87. The van der Waals surface area contributed by atoms with Crippen LogP contribution in [0, 0.1) is 22.7 Å². The highest BCUT2D eigenvalue weighted by Gasteiger charge is 2.19. The molecule has 20 heavy (non-hydrogen) atoms. The molecule has 0 bridgehead atoms. The zero-order chi connectivity index (χ0) is 14.7. The second-order valence-electron chi connectivity index (χ2n) is 4.93. The molecule has 0 heterocycles. The average molecular weight is 261 g/mol. The van der Waals surface area contributed by atoms with Gasteiger partial charge in [-0.3, -0.25) is 0 Å². The Hall–Kier alpha value is -2.78. The lowest BCUT2D eigenvalue weighted by atomic mass is 10.0. The third-order valence-corrected chi connectivity index (χ3v) is 3.37. The van der Waals surface area contributed by atoms with E-state index in [0.29, 0.717) is 17.2 Å². The molecular weight excluding hydrogens is 246 g/mol. The maximum Gasteiger partial charge on any atom is 0.102 e. The van der Waals surface area contributed by atoms with Crippen molar-refractivity contribution in [3.8, 4) is 23.3 Å². The van der Waals surface area contributed by atoms with Gasteiger partial charge in [-0.1, -0.05) is 38.1 Å². The molecule has 0 atom stereocenters. The molecule has 98 valence electrons. The van der Waals surface area contributed by atoms with E-state index in [1.165, 1.54) is 11.6 Å². The van der Waals surface area contributed by atoms with Crippen LogP contribution in [0.15, 0.2) is 30.3 Å². The van der Waals surface area contributed by atoms with Crippen molar-refractivity contribution in [3.05, 3.63) is 47.0 Å². The molecule has 0 unspecified atom stereocenters. The number of hydrogen-bond donors (Lipinski definition) is 1. The number of nitriles is 2. The molecule has 0 spiro atoms. The highest BCUT2D eigenvalue weighted by Crippen LogP contribution is 2.39. The summed E-state index contributed by atoms with van der Waals surface area (Å²) in [6.07, 6.45) is 3.05. The van der Waals surface area contributed by atoms with Crippen molar-refractivity contribution in [2.75, 3.05) is 5.73 Å². The second kappa shape index (κ2) is 5.47. The molecule has 0 saturated heterocycles. The Morgan fingerprint density at radius 2 is 1.95 bits per heavy atom. The molecule has 0 aromatic heterocycles. The van der Waals surface area contributed by atoms with Crippen LogP contribution in [0.25, 0.3) is 17.2 Å². The number of anilines is 1. The van der Waals surface area contributed by atoms with Gasteiger partial charge in [-0.05, 0) is 23.1 Å². The highest BCUT2D eigenvalue weighted by molar-refractivity contribution is 5.94. The number of hydrogen-bond acceptors (Lipinski definition) is 3. The Morgan fingerprint density at radius 1 is 1.20 bits per heavy atom. The van der Waals surface area contributed by atoms with Gasteiger partial charge in [0.25, 0.3) is 0 Å². The first-order valence-corrected chi connectivity index (χ1v) is 6.41. The Balaban J connectivity index is 2.82. The Kier molecular flexibility index (Phi) is 3.73. The summed E-state index contributed by atoms with van der Waals surface area (Å²) in [6, 6.07) is 12.1. The fourth-order valence-electron chi connectivity index (χ4n) is 2.28. The minimum absolute atomic E-state index is 0.375. The largest absolute Gasteiger partial charge is 0.397 e. The van der Waals surface area contributed by atoms with E-state index in [1.807, 2.05) is 30.3 Å². The Bertz CT molecular complexity index is 727. The van der Waals surface area contributed by atoms with Crippen LogP contribution < -0.4 is 5.73 Å². The molecule has 0 saturated carbocycles. The van der Waals surface area contributed by atoms with Crippen molar-refractivity contribution in [3.63, 3.8) is 0 Å². The van der Waals surface area contributed by atoms with Gasteiger partial charge in [-0.25, -0.2) is 0 Å². The van der Waals surface area contributed by atoms with E-state index in [9.17, 15) is 5.26 Å². The zero-order valence-corrected chi connectivity index (χ0v) is 11.5. The summed E-state index contributed by atoms with van der Waals surface area (Å²) in [5, 5.41) is 18.0. The average Bonchev–Trinajstić information content (AvgIpc) is 2.57. The molecule has 0 aromatic carbocycles. The van der Waals surface area contributed by atoms with Crippen LogP contribution in [0.2, 0.25) is 0 Å². The monoisotopic (exact) mass is 261 g/mol. The van der Waals surface area contributed by atoms with E-state index in [0.717, 1.165) is 16.7 Å². The van der Waals surface area contributed by atoms with Crippen molar-refractivity contribution in [1.82, 2.24) is 0 Å². The lowest BCUT2D eigenvalue weighted by Gasteiger charge is -2.03. The number of fused-ring (bicyclic) bond motifs is 1. The minimum Gasteiger partial charge on any atom is -0.397 e. The van der Waals surface area contributed by atoms with Crippen molar-refractivity contribution in [2.45, 2.75) is 19.8 Å². The third kappa shape index (κ3) is 2.22. The highest BCUT2D eigenvalue weighted by atomic mass is 14.6. The molecule has 2 N–H and O–H groups in total. The lowest BCUT2D eigenvalue weighted by molar-refractivity contribution is 0.869. The molecule has 0 amide bonds. The summed E-state index contributed by atoms with van der Waals surface area (Å²) in [6.45, 7) is 4.23. The van der Waals surface area contributed by atoms with Gasteiger partial charge in [0.15, 0.2) is 0 Å². The zero-order valence-electron chi connectivity index (χ0n) is 11.5. The Morgan fingerprint density at radius 3 is 2.55 bits per heavy atom. The molecular formula is C17H15N3. The first-order chi connectivity index (χ1) is 9.60. The fourth-order valence-corrected chi connectivity index (χ4v) is 2.28. The summed E-state index contributed by atoms with van der Waals surface area (Å²) in [4.78, 5) is 0. The summed E-state index contributed by atoms with van der Waals surface area (Å²) in [5.74, 6) is 0.375. The first kappa shape index (κ1) is 13.6. The molecule has 3 heteroatoms. The number of allylic oxidation sites excluding steroid dienone is 1. The van der Waals surface area contributed by atoms with Gasteiger partial charge in [0.1, 0.15) is 6.07 Å². The summed E-state index contributed by atoms with van der Waals surface area (Å²) in [7, 11) is 0. The van der Waals surface area contributed by atoms with Gasteiger partial charge in [-0.15, -0.1) is 0 Å². The van der Waals surface area contributed by atoms with Crippen LogP contribution in [0.3, 0.4) is 0 Å². The smallest absolute Gasteiger partial charge is 0.102 e. The van der Waals surface area contributed by atoms with Crippen LogP contribution >= 0.6 is 0 Å². The maximum atomic E-state index is 9.30. The number of nitrogens with zero attached hydrogens (tertiary/aromatic N) is 2. The van der Waals surface area contributed by atoms with Crippen molar-refractivity contribution in [1.29, 1.82) is 10.5 Å². The van der Waals surface area contributed by atoms with Crippen molar-refractivity contribution >= 4 is 11.8 Å². The third-order valence-electron chi connectivity index (χ3n) is 3.37. The summed E-state index contributed by atoms with van der Waals surface area (Å²) in [5.41, 5.74) is 10.6. The predicted molar refractivity (Wildman–Crippen MR) is 80.9 cm³/mol. The molecule has 2 rings (SSSR count). The second-order valence-corrected chi connectivity index (χ2v) is 4.93. The van der Waals surface area contributed by atoms with Gasteiger partial charge in [0.05, 0.1) is 17.3 Å². The number of nitrogen functional groups attached to an aromatic ring is 1. The molecule has 2 aliphatic carbocycles. The van der Waals surface area contributed by atoms with Crippen LogP contribution in [0.5, 0.6) is 0 Å². The molecule has 2 aliphatic rings. The van der Waals surface area contributed by atoms with E-state index >= 15 is 0 Å². The number of nitrogens with two attached hydrogens (primary N) is 1. The van der Waals surface area contributed by atoms with Crippen LogP contribution in [0.4, 0.5) is 5.69 Å². The fraction of sp³-hybridized carbons (Fsp3) is 0.176.